The lowest BCUT2D eigenvalue weighted by atomic mass is 10.2. The van der Waals surface area contributed by atoms with E-state index in [-0.39, 0.29) is 11.9 Å². The monoisotopic (exact) mass is 396 g/mol. The molecular weight excluding hydrogens is 364 g/mol. The molecule has 6 heteroatoms. The van der Waals surface area contributed by atoms with E-state index in [9.17, 15) is 4.79 Å². The molecule has 0 spiro atoms. The van der Waals surface area contributed by atoms with Gasteiger partial charge in [0, 0.05) is 58.2 Å². The van der Waals surface area contributed by atoms with Crippen LogP contribution < -0.4 is 15.0 Å². The molecule has 1 atom stereocenters. The topological polar surface area (TPSA) is 48.1 Å². The molecule has 1 amide bonds. The molecule has 1 N–H and O–H groups in total. The highest BCUT2D eigenvalue weighted by atomic mass is 16.5. The molecule has 0 unspecified atom stereocenters. The number of rotatable bonds is 8. The number of carbonyl (C=O) groups is 1. The molecule has 156 valence electrons. The fourth-order valence-corrected chi connectivity index (χ4v) is 3.44. The first kappa shape index (κ1) is 21.1. The van der Waals surface area contributed by atoms with Crippen molar-refractivity contribution >= 4 is 17.3 Å². The number of nitrogens with one attached hydrogen (secondary N) is 1. The standard InChI is InChI=1S/C23H32N4O2/c1-19(23(28)24-20-9-11-21(12-10-20)25(2)3)27-15-13-26(14-16-27)17-18-29-22-7-5-4-6-8-22/h4-12,19H,13-18H2,1-3H3,(H,24,28)/t19-/m0/s1. The van der Waals surface area contributed by atoms with Crippen molar-refractivity contribution in [2.24, 2.45) is 0 Å². The van der Waals surface area contributed by atoms with Crippen LogP contribution >= 0.6 is 0 Å². The maximum Gasteiger partial charge on any atom is 0.241 e. The summed E-state index contributed by atoms with van der Waals surface area (Å²) in [5.74, 6) is 0.957. The number of hydrogen-bond acceptors (Lipinski definition) is 5. The Balaban J connectivity index is 1.39. The van der Waals surface area contributed by atoms with Crippen LogP contribution in [0.3, 0.4) is 0 Å². The minimum Gasteiger partial charge on any atom is -0.492 e. The molecule has 1 aliphatic heterocycles. The predicted molar refractivity (Wildman–Crippen MR) is 119 cm³/mol. The van der Waals surface area contributed by atoms with Gasteiger partial charge in [-0.2, -0.15) is 0 Å². The van der Waals surface area contributed by atoms with E-state index in [4.69, 9.17) is 4.74 Å². The van der Waals surface area contributed by atoms with Gasteiger partial charge >= 0.3 is 0 Å². The van der Waals surface area contributed by atoms with E-state index < -0.39 is 0 Å². The highest BCUT2D eigenvalue weighted by Crippen LogP contribution is 2.17. The minimum absolute atomic E-state index is 0.0449. The highest BCUT2D eigenvalue weighted by Gasteiger charge is 2.25. The van der Waals surface area contributed by atoms with Crippen molar-refractivity contribution in [1.82, 2.24) is 9.80 Å². The molecule has 0 aliphatic carbocycles. The summed E-state index contributed by atoms with van der Waals surface area (Å²) < 4.78 is 5.79. The molecule has 2 aromatic carbocycles. The number of nitrogens with zero attached hydrogens (tertiary/aromatic N) is 3. The first-order chi connectivity index (χ1) is 14.0. The predicted octanol–water partition coefficient (Wildman–Crippen LogP) is 2.78. The molecule has 29 heavy (non-hydrogen) atoms. The Morgan fingerprint density at radius 3 is 2.31 bits per heavy atom. The average molecular weight is 397 g/mol. The molecule has 1 saturated heterocycles. The third kappa shape index (κ3) is 6.21. The Morgan fingerprint density at radius 2 is 1.69 bits per heavy atom. The van der Waals surface area contributed by atoms with E-state index in [1.807, 2.05) is 80.5 Å². The molecule has 0 saturated carbocycles. The Bertz CT molecular complexity index is 756. The Morgan fingerprint density at radius 1 is 1.03 bits per heavy atom. The fourth-order valence-electron chi connectivity index (χ4n) is 3.44. The number of ether oxygens (including phenoxy) is 1. The molecule has 6 nitrogen and oxygen atoms in total. The maximum absolute atomic E-state index is 12.6. The SMILES string of the molecule is C[C@@H](C(=O)Nc1ccc(N(C)C)cc1)N1CCN(CCOc2ccccc2)CC1. The Labute approximate surface area is 174 Å². The van der Waals surface area contributed by atoms with Crippen LogP contribution in [0.1, 0.15) is 6.92 Å². The number of amides is 1. The van der Waals surface area contributed by atoms with E-state index in [0.29, 0.717) is 6.61 Å². The maximum atomic E-state index is 12.6. The summed E-state index contributed by atoms with van der Waals surface area (Å²) >= 11 is 0. The molecule has 1 fully saturated rings. The molecule has 0 radical (unpaired) electrons. The van der Waals surface area contributed by atoms with Gasteiger partial charge in [-0.05, 0) is 43.3 Å². The molecular formula is C23H32N4O2. The van der Waals surface area contributed by atoms with Crippen molar-refractivity contribution in [3.8, 4) is 5.75 Å². The number of anilines is 2. The lowest BCUT2D eigenvalue weighted by Crippen LogP contribution is -2.53. The van der Waals surface area contributed by atoms with Gasteiger partial charge in [-0.25, -0.2) is 0 Å². The smallest absolute Gasteiger partial charge is 0.241 e. The summed E-state index contributed by atoms with van der Waals surface area (Å²) in [5.41, 5.74) is 1.95. The van der Waals surface area contributed by atoms with E-state index in [1.165, 1.54) is 0 Å². The second-order valence-electron chi connectivity index (χ2n) is 7.65. The number of para-hydroxylation sites is 1. The lowest BCUT2D eigenvalue weighted by molar-refractivity contribution is -0.121. The molecule has 2 aromatic rings. The van der Waals surface area contributed by atoms with Gasteiger partial charge in [0.1, 0.15) is 12.4 Å². The second kappa shape index (κ2) is 10.3. The van der Waals surface area contributed by atoms with Gasteiger partial charge in [-0.1, -0.05) is 18.2 Å². The summed E-state index contributed by atoms with van der Waals surface area (Å²) in [6.07, 6.45) is 0. The van der Waals surface area contributed by atoms with Crippen LogP contribution in [-0.4, -0.2) is 75.2 Å². The number of piperazine rings is 1. The van der Waals surface area contributed by atoms with Gasteiger partial charge < -0.3 is 15.0 Å². The summed E-state index contributed by atoms with van der Waals surface area (Å²) in [6, 6.07) is 17.7. The second-order valence-corrected chi connectivity index (χ2v) is 7.65. The van der Waals surface area contributed by atoms with Gasteiger partial charge in [-0.15, -0.1) is 0 Å². The zero-order valence-electron chi connectivity index (χ0n) is 17.7. The van der Waals surface area contributed by atoms with Gasteiger partial charge in [-0.3, -0.25) is 14.6 Å². The summed E-state index contributed by atoms with van der Waals surface area (Å²) in [7, 11) is 4.01. The molecule has 1 heterocycles. The van der Waals surface area contributed by atoms with Crippen LogP contribution in [0.15, 0.2) is 54.6 Å². The van der Waals surface area contributed by atoms with Gasteiger partial charge in [0.2, 0.25) is 5.91 Å². The Hall–Kier alpha value is -2.57. The minimum atomic E-state index is -0.147. The fraction of sp³-hybridized carbons (Fsp3) is 0.435. The van der Waals surface area contributed by atoms with Crippen LogP contribution in [0.5, 0.6) is 5.75 Å². The van der Waals surface area contributed by atoms with Gasteiger partial charge in [0.15, 0.2) is 0 Å². The zero-order valence-corrected chi connectivity index (χ0v) is 17.7. The van der Waals surface area contributed by atoms with E-state index >= 15 is 0 Å². The van der Waals surface area contributed by atoms with Gasteiger partial charge in [0.05, 0.1) is 6.04 Å². The van der Waals surface area contributed by atoms with Gasteiger partial charge in [0.25, 0.3) is 0 Å². The van der Waals surface area contributed by atoms with Crippen molar-refractivity contribution in [2.75, 3.05) is 63.6 Å². The highest BCUT2D eigenvalue weighted by molar-refractivity contribution is 5.94. The quantitative estimate of drug-likeness (QED) is 0.744. The first-order valence-corrected chi connectivity index (χ1v) is 10.3. The van der Waals surface area contributed by atoms with E-state index in [0.717, 1.165) is 49.8 Å². The number of carbonyl (C=O) groups excluding carboxylic acids is 1. The normalized spacial score (nSPS) is 16.2. The van der Waals surface area contributed by atoms with Crippen molar-refractivity contribution in [3.05, 3.63) is 54.6 Å². The van der Waals surface area contributed by atoms with Crippen molar-refractivity contribution in [2.45, 2.75) is 13.0 Å². The van der Waals surface area contributed by atoms with Crippen LogP contribution in [0.25, 0.3) is 0 Å². The molecule has 0 bridgehead atoms. The largest absolute Gasteiger partial charge is 0.492 e. The van der Waals surface area contributed by atoms with E-state index in [2.05, 4.69) is 15.1 Å². The van der Waals surface area contributed by atoms with Crippen molar-refractivity contribution in [3.63, 3.8) is 0 Å². The lowest BCUT2D eigenvalue weighted by Gasteiger charge is -2.37. The summed E-state index contributed by atoms with van der Waals surface area (Å²) in [5, 5.41) is 3.04. The number of hydrogen-bond donors (Lipinski definition) is 1. The number of benzene rings is 2. The molecule has 3 rings (SSSR count). The average Bonchev–Trinajstić information content (AvgIpc) is 2.75. The summed E-state index contributed by atoms with van der Waals surface area (Å²) in [6.45, 7) is 7.25. The van der Waals surface area contributed by atoms with Crippen LogP contribution in [0, 0.1) is 0 Å². The first-order valence-electron chi connectivity index (χ1n) is 10.3. The van der Waals surface area contributed by atoms with Crippen LogP contribution in [0.2, 0.25) is 0 Å². The van der Waals surface area contributed by atoms with Crippen LogP contribution in [-0.2, 0) is 4.79 Å². The summed E-state index contributed by atoms with van der Waals surface area (Å²) in [4.78, 5) is 19.3. The van der Waals surface area contributed by atoms with E-state index in [1.54, 1.807) is 0 Å². The third-order valence-corrected chi connectivity index (χ3v) is 5.40. The third-order valence-electron chi connectivity index (χ3n) is 5.40. The molecule has 1 aliphatic rings. The van der Waals surface area contributed by atoms with Crippen molar-refractivity contribution < 1.29 is 9.53 Å². The Kier molecular flexibility index (Phi) is 7.49. The van der Waals surface area contributed by atoms with Crippen molar-refractivity contribution in [1.29, 1.82) is 0 Å². The molecule has 0 aromatic heterocycles. The zero-order chi connectivity index (χ0) is 20.6. The van der Waals surface area contributed by atoms with Crippen LogP contribution in [0.4, 0.5) is 11.4 Å².